The number of hydrogen-bond donors (Lipinski definition) is 3. The summed E-state index contributed by atoms with van der Waals surface area (Å²) in [5, 5.41) is 10.9. The molecule has 24 heavy (non-hydrogen) atoms. The minimum Gasteiger partial charge on any atom is -0.322 e. The number of imide groups is 1. The number of amides is 5. The number of carbonyl (C=O) groups excluding carboxylic acids is 3. The number of nitrogens with zero attached hydrogens (tertiary/aromatic N) is 1. The average Bonchev–Trinajstić information content (AvgIpc) is 3.13. The van der Waals surface area contributed by atoms with E-state index in [0.29, 0.717) is 19.4 Å². The summed E-state index contributed by atoms with van der Waals surface area (Å²) in [7, 11) is 0. The van der Waals surface area contributed by atoms with Crippen molar-refractivity contribution in [3.63, 3.8) is 0 Å². The fourth-order valence-electron chi connectivity index (χ4n) is 3.33. The van der Waals surface area contributed by atoms with Gasteiger partial charge in [-0.25, -0.2) is 9.59 Å². The molecule has 4 rings (SSSR count). The number of urea groups is 2. The second-order valence-electron chi connectivity index (χ2n) is 6.09. The monoisotopic (exact) mass is 344 g/mol. The minimum absolute atomic E-state index is 0.177. The van der Waals surface area contributed by atoms with E-state index in [1.54, 1.807) is 16.2 Å². The summed E-state index contributed by atoms with van der Waals surface area (Å²) in [6, 6.07) is 7.00. The van der Waals surface area contributed by atoms with Gasteiger partial charge in [0.25, 0.3) is 5.91 Å². The lowest BCUT2D eigenvalue weighted by Crippen LogP contribution is -2.60. The molecule has 1 aromatic heterocycles. The fourth-order valence-corrected chi connectivity index (χ4v) is 4.20. The van der Waals surface area contributed by atoms with Crippen molar-refractivity contribution in [3.8, 4) is 0 Å². The van der Waals surface area contributed by atoms with Crippen LogP contribution >= 0.6 is 11.3 Å². The molecular weight excluding hydrogens is 328 g/mol. The molecule has 0 aliphatic carbocycles. The highest BCUT2D eigenvalue weighted by Crippen LogP contribution is 2.30. The first kappa shape index (κ1) is 14.9. The number of thiophene rings is 1. The van der Waals surface area contributed by atoms with Gasteiger partial charge in [-0.05, 0) is 35.7 Å². The van der Waals surface area contributed by atoms with Gasteiger partial charge in [0.15, 0.2) is 0 Å². The zero-order chi connectivity index (χ0) is 16.7. The Morgan fingerprint density at radius 1 is 1.29 bits per heavy atom. The first-order valence-corrected chi connectivity index (χ1v) is 8.61. The molecule has 2 saturated heterocycles. The Balaban J connectivity index is 1.53. The number of hydrogen-bond acceptors (Lipinski definition) is 4. The van der Waals surface area contributed by atoms with E-state index in [-0.39, 0.29) is 18.5 Å². The lowest BCUT2D eigenvalue weighted by molar-refractivity contribution is -0.125. The summed E-state index contributed by atoms with van der Waals surface area (Å²) in [6.45, 7) is 0.730. The molecule has 2 aliphatic rings. The second-order valence-corrected chi connectivity index (χ2v) is 7.01. The third-order valence-corrected chi connectivity index (χ3v) is 5.48. The highest BCUT2D eigenvalue weighted by molar-refractivity contribution is 7.17. The standard InChI is InChI=1S/C16H16N4O3S/c21-13-16(19-14(22)18-13)6-2-7-20(9-16)15(23)17-11-4-1-3-10-5-8-24-12(10)11/h1,3-5,8H,2,6-7,9H2,(H,17,23)(H2,18,19,21,22)/t16-/m0/s1. The van der Waals surface area contributed by atoms with Crippen LogP contribution in [0.2, 0.25) is 0 Å². The molecule has 3 heterocycles. The molecule has 0 bridgehead atoms. The van der Waals surface area contributed by atoms with Crippen molar-refractivity contribution in [1.82, 2.24) is 15.5 Å². The molecular formula is C16H16N4O3S. The van der Waals surface area contributed by atoms with Gasteiger partial charge in [-0.2, -0.15) is 0 Å². The maximum absolute atomic E-state index is 12.6. The molecule has 1 atom stereocenters. The van der Waals surface area contributed by atoms with Gasteiger partial charge >= 0.3 is 12.1 Å². The number of piperidine rings is 1. The van der Waals surface area contributed by atoms with Crippen LogP contribution in [0.25, 0.3) is 10.1 Å². The van der Waals surface area contributed by atoms with Crippen LogP contribution in [0.5, 0.6) is 0 Å². The zero-order valence-electron chi connectivity index (χ0n) is 12.8. The lowest BCUT2D eigenvalue weighted by atomic mass is 9.89. The molecule has 124 valence electrons. The van der Waals surface area contributed by atoms with Crippen LogP contribution in [-0.2, 0) is 4.79 Å². The molecule has 3 N–H and O–H groups in total. The summed E-state index contributed by atoms with van der Waals surface area (Å²) >= 11 is 1.57. The third kappa shape index (κ3) is 2.39. The van der Waals surface area contributed by atoms with E-state index in [1.165, 1.54) is 0 Å². The molecule has 2 aliphatic heterocycles. The van der Waals surface area contributed by atoms with E-state index in [2.05, 4.69) is 16.0 Å². The van der Waals surface area contributed by atoms with E-state index in [4.69, 9.17) is 0 Å². The number of nitrogens with one attached hydrogen (secondary N) is 3. The van der Waals surface area contributed by atoms with E-state index in [9.17, 15) is 14.4 Å². The molecule has 1 aromatic carbocycles. The Bertz CT molecular complexity index is 849. The Hall–Kier alpha value is -2.61. The van der Waals surface area contributed by atoms with Crippen molar-refractivity contribution < 1.29 is 14.4 Å². The maximum atomic E-state index is 12.6. The highest BCUT2D eigenvalue weighted by Gasteiger charge is 2.49. The summed E-state index contributed by atoms with van der Waals surface area (Å²) < 4.78 is 1.02. The quantitative estimate of drug-likeness (QED) is 0.692. The van der Waals surface area contributed by atoms with E-state index in [0.717, 1.165) is 15.8 Å². The maximum Gasteiger partial charge on any atom is 0.322 e. The predicted molar refractivity (Wildman–Crippen MR) is 91.1 cm³/mol. The van der Waals surface area contributed by atoms with Crippen LogP contribution in [0.15, 0.2) is 29.6 Å². The van der Waals surface area contributed by atoms with E-state index < -0.39 is 11.6 Å². The van der Waals surface area contributed by atoms with Gasteiger partial charge in [-0.1, -0.05) is 12.1 Å². The van der Waals surface area contributed by atoms with E-state index >= 15 is 0 Å². The van der Waals surface area contributed by atoms with Crippen molar-refractivity contribution in [2.45, 2.75) is 18.4 Å². The van der Waals surface area contributed by atoms with Crippen molar-refractivity contribution in [2.24, 2.45) is 0 Å². The molecule has 0 radical (unpaired) electrons. The van der Waals surface area contributed by atoms with Gasteiger partial charge in [-0.15, -0.1) is 11.3 Å². The largest absolute Gasteiger partial charge is 0.322 e. The zero-order valence-corrected chi connectivity index (χ0v) is 13.6. The van der Waals surface area contributed by atoms with Crippen LogP contribution in [0.4, 0.5) is 15.3 Å². The van der Waals surface area contributed by atoms with Gasteiger partial charge in [0.2, 0.25) is 0 Å². The first-order chi connectivity index (χ1) is 11.6. The minimum atomic E-state index is -0.998. The highest BCUT2D eigenvalue weighted by atomic mass is 32.1. The van der Waals surface area contributed by atoms with Crippen LogP contribution in [-0.4, -0.2) is 41.5 Å². The van der Waals surface area contributed by atoms with Crippen LogP contribution in [0.3, 0.4) is 0 Å². The topological polar surface area (TPSA) is 90.5 Å². The molecule has 0 unspecified atom stereocenters. The third-order valence-electron chi connectivity index (χ3n) is 4.51. The van der Waals surface area contributed by atoms with Crippen molar-refractivity contribution in [3.05, 3.63) is 29.6 Å². The predicted octanol–water partition coefficient (Wildman–Crippen LogP) is 2.11. The van der Waals surface area contributed by atoms with Gasteiger partial charge < -0.3 is 15.5 Å². The number of benzene rings is 1. The average molecular weight is 344 g/mol. The number of likely N-dealkylation sites (tertiary alicyclic amines) is 1. The number of carbonyl (C=O) groups is 3. The number of rotatable bonds is 1. The Morgan fingerprint density at radius 3 is 2.96 bits per heavy atom. The first-order valence-electron chi connectivity index (χ1n) is 7.73. The van der Waals surface area contributed by atoms with Crippen molar-refractivity contribution in [1.29, 1.82) is 0 Å². The van der Waals surface area contributed by atoms with Crippen molar-refractivity contribution in [2.75, 3.05) is 18.4 Å². The lowest BCUT2D eigenvalue weighted by Gasteiger charge is -2.37. The molecule has 8 heteroatoms. The molecule has 2 fully saturated rings. The van der Waals surface area contributed by atoms with Gasteiger partial charge in [0.05, 0.1) is 16.9 Å². The fraction of sp³-hybridized carbons (Fsp3) is 0.312. The SMILES string of the molecule is O=C1NC(=O)[C@@]2(CCCN(C(=O)Nc3cccc4ccsc34)C2)N1. The van der Waals surface area contributed by atoms with Gasteiger partial charge in [0, 0.05) is 6.54 Å². The Morgan fingerprint density at radius 2 is 2.17 bits per heavy atom. The Labute approximate surface area is 142 Å². The van der Waals surface area contributed by atoms with Gasteiger partial charge in [0.1, 0.15) is 5.54 Å². The normalized spacial score (nSPS) is 23.4. The van der Waals surface area contributed by atoms with Crippen molar-refractivity contribution >= 4 is 45.1 Å². The summed E-state index contributed by atoms with van der Waals surface area (Å²) in [4.78, 5) is 37.7. The molecule has 0 saturated carbocycles. The van der Waals surface area contributed by atoms with Crippen LogP contribution in [0, 0.1) is 0 Å². The summed E-state index contributed by atoms with van der Waals surface area (Å²) in [6.07, 6.45) is 1.19. The molecule has 2 aromatic rings. The summed E-state index contributed by atoms with van der Waals surface area (Å²) in [5.41, 5.74) is -0.242. The van der Waals surface area contributed by atoms with Crippen LogP contribution in [0.1, 0.15) is 12.8 Å². The van der Waals surface area contributed by atoms with Crippen LogP contribution < -0.4 is 16.0 Å². The number of fused-ring (bicyclic) bond motifs is 1. The Kier molecular flexibility index (Phi) is 3.42. The smallest absolute Gasteiger partial charge is 0.322 e. The second kappa shape index (κ2) is 5.48. The molecule has 7 nitrogen and oxygen atoms in total. The molecule has 5 amide bonds. The van der Waals surface area contributed by atoms with Gasteiger partial charge in [-0.3, -0.25) is 10.1 Å². The summed E-state index contributed by atoms with van der Waals surface area (Å²) in [5.74, 6) is -0.356. The van der Waals surface area contributed by atoms with E-state index in [1.807, 2.05) is 29.6 Å². The molecule has 1 spiro atoms. The number of anilines is 1.